The average Bonchev–Trinajstić information content (AvgIpc) is 2.68. The number of rotatable bonds is 10. The van der Waals surface area contributed by atoms with Gasteiger partial charge in [-0.1, -0.05) is 32.0 Å². The summed E-state index contributed by atoms with van der Waals surface area (Å²) in [5.41, 5.74) is 1.94. The van der Waals surface area contributed by atoms with Crippen molar-refractivity contribution in [2.24, 2.45) is 0 Å². The van der Waals surface area contributed by atoms with E-state index in [4.69, 9.17) is 0 Å². The zero-order valence-electron chi connectivity index (χ0n) is 15.6. The molecule has 0 aliphatic carbocycles. The number of sulfonamides is 1. The number of hydrogen-bond acceptors (Lipinski definition) is 5. The zero-order chi connectivity index (χ0) is 19.7. The van der Waals surface area contributed by atoms with Crippen LogP contribution in [-0.2, 0) is 27.1 Å². The van der Waals surface area contributed by atoms with E-state index in [0.29, 0.717) is 25.4 Å². The second kappa shape index (κ2) is 10.4. The molecule has 0 bridgehead atoms. The largest absolute Gasteiger partial charge is 0.351 e. The highest BCUT2D eigenvalue weighted by Gasteiger charge is 2.21. The Morgan fingerprint density at radius 3 is 2.41 bits per heavy atom. The molecule has 1 aromatic carbocycles. The lowest BCUT2D eigenvalue weighted by Gasteiger charge is -2.18. The maximum absolute atomic E-state index is 12.5. The van der Waals surface area contributed by atoms with Crippen LogP contribution in [-0.4, -0.2) is 42.5 Å². The van der Waals surface area contributed by atoms with Crippen LogP contribution in [0.1, 0.15) is 25.0 Å². The molecule has 2 rings (SSSR count). The molecule has 0 fully saturated rings. The van der Waals surface area contributed by atoms with Crippen molar-refractivity contribution in [3.63, 3.8) is 0 Å². The van der Waals surface area contributed by atoms with Crippen molar-refractivity contribution in [3.05, 3.63) is 59.9 Å². The van der Waals surface area contributed by atoms with Gasteiger partial charge in [0.25, 0.3) is 0 Å². The molecule has 2 aromatic rings. The lowest BCUT2D eigenvalue weighted by Crippen LogP contribution is -2.30. The van der Waals surface area contributed by atoms with E-state index in [1.165, 1.54) is 16.1 Å². The first-order valence-electron chi connectivity index (χ1n) is 8.79. The lowest BCUT2D eigenvalue weighted by atomic mass is 10.2. The number of aromatic nitrogens is 1. The topological polar surface area (TPSA) is 79.4 Å². The van der Waals surface area contributed by atoms with Crippen molar-refractivity contribution in [1.82, 2.24) is 14.6 Å². The minimum atomic E-state index is -3.45. The summed E-state index contributed by atoms with van der Waals surface area (Å²) >= 11 is 1.53. The number of amides is 1. The average molecular weight is 408 g/mol. The van der Waals surface area contributed by atoms with Crippen LogP contribution in [0, 0.1) is 0 Å². The Labute approximate surface area is 165 Å². The summed E-state index contributed by atoms with van der Waals surface area (Å²) in [4.78, 5) is 16.3. The van der Waals surface area contributed by atoms with Crippen molar-refractivity contribution in [2.75, 3.05) is 18.8 Å². The van der Waals surface area contributed by atoms with Crippen molar-refractivity contribution in [2.45, 2.75) is 31.0 Å². The fourth-order valence-electron chi connectivity index (χ4n) is 2.49. The normalized spacial score (nSPS) is 11.5. The predicted molar refractivity (Wildman–Crippen MR) is 109 cm³/mol. The maximum atomic E-state index is 12.5. The number of thioether (sulfide) groups is 1. The highest BCUT2D eigenvalue weighted by molar-refractivity contribution is 7.99. The lowest BCUT2D eigenvalue weighted by molar-refractivity contribution is -0.118. The molecule has 0 atom stereocenters. The number of carbonyl (C=O) groups is 1. The standard InChI is InChI=1S/C19H25N3O3S2/c1-3-22(4-2)27(24,25)18-9-7-16(8-10-18)13-21-19(23)15-26-14-17-6-5-11-20-12-17/h5-12H,3-4,13-15H2,1-2H3,(H,21,23). The van der Waals surface area contributed by atoms with E-state index < -0.39 is 10.0 Å². The molecule has 1 heterocycles. The Balaban J connectivity index is 1.81. The van der Waals surface area contributed by atoms with E-state index in [9.17, 15) is 13.2 Å². The number of nitrogens with zero attached hydrogens (tertiary/aromatic N) is 2. The first-order chi connectivity index (χ1) is 13.0. The molecule has 1 aromatic heterocycles. The molecule has 0 spiro atoms. The molecule has 0 radical (unpaired) electrons. The molecule has 8 heteroatoms. The molecule has 146 valence electrons. The van der Waals surface area contributed by atoms with Gasteiger partial charge in [0, 0.05) is 37.8 Å². The quantitative estimate of drug-likeness (QED) is 0.655. The monoisotopic (exact) mass is 407 g/mol. The Morgan fingerprint density at radius 2 is 1.81 bits per heavy atom. The van der Waals surface area contributed by atoms with E-state index in [2.05, 4.69) is 10.3 Å². The number of carbonyl (C=O) groups excluding carboxylic acids is 1. The predicted octanol–water partition coefficient (Wildman–Crippen LogP) is 2.66. The van der Waals surface area contributed by atoms with Gasteiger partial charge in [0.15, 0.2) is 0 Å². The molecule has 1 N–H and O–H groups in total. The summed E-state index contributed by atoms with van der Waals surface area (Å²) in [6.45, 7) is 4.88. The Morgan fingerprint density at radius 1 is 1.11 bits per heavy atom. The second-order valence-corrected chi connectivity index (χ2v) is 8.79. The highest BCUT2D eigenvalue weighted by Crippen LogP contribution is 2.16. The summed E-state index contributed by atoms with van der Waals surface area (Å²) in [6, 6.07) is 10.5. The smallest absolute Gasteiger partial charge is 0.243 e. The summed E-state index contributed by atoms with van der Waals surface area (Å²) in [6.07, 6.45) is 3.51. The van der Waals surface area contributed by atoms with E-state index >= 15 is 0 Å². The first kappa shape index (κ1) is 21.4. The molecular formula is C19H25N3O3S2. The van der Waals surface area contributed by atoms with Gasteiger partial charge in [0.05, 0.1) is 10.6 Å². The summed E-state index contributed by atoms with van der Waals surface area (Å²) in [7, 11) is -3.45. The van der Waals surface area contributed by atoms with Crippen LogP contribution < -0.4 is 5.32 Å². The number of nitrogens with one attached hydrogen (secondary N) is 1. The van der Waals surface area contributed by atoms with Crippen LogP contribution in [0.3, 0.4) is 0 Å². The van der Waals surface area contributed by atoms with Gasteiger partial charge in [0.2, 0.25) is 15.9 Å². The van der Waals surface area contributed by atoms with Crippen LogP contribution in [0.2, 0.25) is 0 Å². The van der Waals surface area contributed by atoms with Gasteiger partial charge in [-0.3, -0.25) is 9.78 Å². The van der Waals surface area contributed by atoms with Gasteiger partial charge in [-0.2, -0.15) is 4.31 Å². The van der Waals surface area contributed by atoms with Gasteiger partial charge < -0.3 is 5.32 Å². The van der Waals surface area contributed by atoms with E-state index in [1.807, 2.05) is 26.0 Å². The fourth-order valence-corrected chi connectivity index (χ4v) is 4.74. The molecule has 0 saturated heterocycles. The third-order valence-corrected chi connectivity index (χ3v) is 7.05. The molecule has 0 saturated carbocycles. The van der Waals surface area contributed by atoms with Gasteiger partial charge in [-0.25, -0.2) is 8.42 Å². The molecule has 0 aliphatic rings. The van der Waals surface area contributed by atoms with Gasteiger partial charge >= 0.3 is 0 Å². The Hall–Kier alpha value is -1.90. The molecule has 1 amide bonds. The van der Waals surface area contributed by atoms with E-state index in [0.717, 1.165) is 16.9 Å². The zero-order valence-corrected chi connectivity index (χ0v) is 17.2. The summed E-state index contributed by atoms with van der Waals surface area (Å²) < 4.78 is 26.3. The molecule has 0 unspecified atom stereocenters. The number of hydrogen-bond donors (Lipinski definition) is 1. The fraction of sp³-hybridized carbons (Fsp3) is 0.368. The Kier molecular flexibility index (Phi) is 8.27. The van der Waals surface area contributed by atoms with Gasteiger partial charge in [-0.05, 0) is 29.3 Å². The van der Waals surface area contributed by atoms with Crippen LogP contribution in [0.25, 0.3) is 0 Å². The van der Waals surface area contributed by atoms with Gasteiger partial charge in [0.1, 0.15) is 0 Å². The summed E-state index contributed by atoms with van der Waals surface area (Å²) in [5, 5.41) is 2.85. The van der Waals surface area contributed by atoms with Crippen LogP contribution in [0.5, 0.6) is 0 Å². The third-order valence-electron chi connectivity index (χ3n) is 3.98. The first-order valence-corrected chi connectivity index (χ1v) is 11.4. The van der Waals surface area contributed by atoms with Crippen molar-refractivity contribution >= 4 is 27.7 Å². The molecule has 0 aliphatic heterocycles. The van der Waals surface area contributed by atoms with Crippen molar-refractivity contribution in [1.29, 1.82) is 0 Å². The van der Waals surface area contributed by atoms with Crippen LogP contribution in [0.15, 0.2) is 53.7 Å². The molecular weight excluding hydrogens is 382 g/mol. The van der Waals surface area contributed by atoms with Crippen LogP contribution in [0.4, 0.5) is 0 Å². The second-order valence-electron chi connectivity index (χ2n) is 5.86. The molecule has 27 heavy (non-hydrogen) atoms. The minimum Gasteiger partial charge on any atom is -0.351 e. The number of benzene rings is 1. The molecule has 6 nitrogen and oxygen atoms in total. The van der Waals surface area contributed by atoms with Gasteiger partial charge in [-0.15, -0.1) is 11.8 Å². The van der Waals surface area contributed by atoms with Crippen molar-refractivity contribution < 1.29 is 13.2 Å². The van der Waals surface area contributed by atoms with Crippen LogP contribution >= 0.6 is 11.8 Å². The number of pyridine rings is 1. The van der Waals surface area contributed by atoms with E-state index in [-0.39, 0.29) is 10.8 Å². The van der Waals surface area contributed by atoms with E-state index in [1.54, 1.807) is 36.7 Å². The third kappa shape index (κ3) is 6.34. The summed E-state index contributed by atoms with van der Waals surface area (Å²) in [5.74, 6) is 1.05. The Bertz CT molecular complexity index is 821. The van der Waals surface area contributed by atoms with Crippen molar-refractivity contribution in [3.8, 4) is 0 Å². The maximum Gasteiger partial charge on any atom is 0.243 e. The SMILES string of the molecule is CCN(CC)S(=O)(=O)c1ccc(CNC(=O)CSCc2cccnc2)cc1. The minimum absolute atomic E-state index is 0.0521. The highest BCUT2D eigenvalue weighted by atomic mass is 32.2.